The van der Waals surface area contributed by atoms with Gasteiger partial charge in [-0.3, -0.25) is 4.79 Å². The van der Waals surface area contributed by atoms with Crippen molar-refractivity contribution in [2.45, 2.75) is 38.6 Å². The van der Waals surface area contributed by atoms with Crippen molar-refractivity contribution >= 4 is 17.7 Å². The summed E-state index contributed by atoms with van der Waals surface area (Å²) in [6.07, 6.45) is 4.73. The molecule has 0 aromatic heterocycles. The number of likely N-dealkylation sites (tertiary alicyclic amines) is 1. The maximum absolute atomic E-state index is 12.0. The van der Waals surface area contributed by atoms with Crippen LogP contribution in [-0.4, -0.2) is 48.6 Å². The largest absolute Gasteiger partial charge is 0.384 e. The fourth-order valence-electron chi connectivity index (χ4n) is 2.14. The minimum atomic E-state index is 0.313. The van der Waals surface area contributed by atoms with Gasteiger partial charge >= 0.3 is 0 Å². The number of carbonyl (C=O) groups is 1. The van der Waals surface area contributed by atoms with Crippen LogP contribution in [0.4, 0.5) is 0 Å². The zero-order valence-corrected chi connectivity index (χ0v) is 11.2. The Hall–Kier alpha value is -0.220. The first-order valence-corrected chi connectivity index (χ1v) is 7.31. The molecular weight excluding hydrogens is 222 g/mol. The third kappa shape index (κ3) is 4.34. The van der Waals surface area contributed by atoms with E-state index < -0.39 is 0 Å². The fraction of sp³-hybridized carbons (Fsp3) is 0.917. The molecule has 0 saturated carbocycles. The zero-order chi connectivity index (χ0) is 11.8. The van der Waals surface area contributed by atoms with Crippen molar-refractivity contribution in [3.8, 4) is 0 Å². The van der Waals surface area contributed by atoms with Gasteiger partial charge in [-0.15, -0.1) is 11.8 Å². The Morgan fingerprint density at radius 2 is 2.31 bits per heavy atom. The number of thioether (sulfide) groups is 1. The quantitative estimate of drug-likeness (QED) is 0.672. The number of nitrogens with zero attached hydrogens (tertiary/aromatic N) is 1. The van der Waals surface area contributed by atoms with E-state index in [1.807, 2.05) is 0 Å². The van der Waals surface area contributed by atoms with Crippen molar-refractivity contribution in [1.29, 1.82) is 0 Å². The molecule has 0 aliphatic carbocycles. The lowest BCUT2D eigenvalue weighted by Crippen LogP contribution is -2.44. The molecule has 1 rings (SSSR count). The van der Waals surface area contributed by atoms with Gasteiger partial charge in [0.1, 0.15) is 0 Å². The second-order valence-electron chi connectivity index (χ2n) is 4.19. The van der Waals surface area contributed by atoms with Crippen molar-refractivity contribution in [2.75, 3.05) is 31.8 Å². The van der Waals surface area contributed by atoms with Crippen LogP contribution < -0.4 is 0 Å². The number of carbonyl (C=O) groups excluding carboxylic acids is 1. The Bertz CT molecular complexity index is 211. The number of hydrogen-bond acceptors (Lipinski definition) is 3. The summed E-state index contributed by atoms with van der Waals surface area (Å²) in [7, 11) is 1.69. The summed E-state index contributed by atoms with van der Waals surface area (Å²) >= 11 is 1.68. The minimum Gasteiger partial charge on any atom is -0.384 e. The molecule has 4 heteroatoms. The van der Waals surface area contributed by atoms with Gasteiger partial charge in [-0.05, 0) is 25.7 Å². The van der Waals surface area contributed by atoms with E-state index in [9.17, 15) is 4.79 Å². The molecule has 0 unspecified atom stereocenters. The summed E-state index contributed by atoms with van der Waals surface area (Å²) < 4.78 is 4.97. The SMILES string of the molecule is CC[C@H]1CCCCN1C(=O)CSCCOC. The van der Waals surface area contributed by atoms with Gasteiger partial charge in [0.05, 0.1) is 12.4 Å². The second kappa shape index (κ2) is 7.96. The monoisotopic (exact) mass is 245 g/mol. The predicted molar refractivity (Wildman–Crippen MR) is 68.8 cm³/mol. The van der Waals surface area contributed by atoms with Gasteiger partial charge in [0, 0.05) is 25.4 Å². The van der Waals surface area contributed by atoms with Crippen molar-refractivity contribution in [3.63, 3.8) is 0 Å². The summed E-state index contributed by atoms with van der Waals surface area (Å²) in [6, 6.07) is 0.490. The van der Waals surface area contributed by atoms with Crippen LogP contribution in [0.15, 0.2) is 0 Å². The van der Waals surface area contributed by atoms with Crippen LogP contribution in [0.1, 0.15) is 32.6 Å². The Morgan fingerprint density at radius 1 is 1.50 bits per heavy atom. The highest BCUT2D eigenvalue weighted by atomic mass is 32.2. The Labute approximate surface area is 103 Å². The van der Waals surface area contributed by atoms with E-state index >= 15 is 0 Å². The molecule has 1 heterocycles. The number of methoxy groups -OCH3 is 1. The molecule has 1 amide bonds. The lowest BCUT2D eigenvalue weighted by Gasteiger charge is -2.35. The maximum atomic E-state index is 12.0. The molecule has 0 aromatic rings. The molecule has 0 radical (unpaired) electrons. The van der Waals surface area contributed by atoms with Crippen molar-refractivity contribution in [1.82, 2.24) is 4.90 Å². The fourth-order valence-corrected chi connectivity index (χ4v) is 2.91. The van der Waals surface area contributed by atoms with Gasteiger partial charge in [-0.25, -0.2) is 0 Å². The second-order valence-corrected chi connectivity index (χ2v) is 5.30. The van der Waals surface area contributed by atoms with Gasteiger partial charge in [0.15, 0.2) is 0 Å². The van der Waals surface area contributed by atoms with E-state index in [1.165, 1.54) is 19.3 Å². The van der Waals surface area contributed by atoms with Crippen LogP contribution in [0.5, 0.6) is 0 Å². The average molecular weight is 245 g/mol. The normalized spacial score (nSPS) is 21.1. The van der Waals surface area contributed by atoms with E-state index in [0.717, 1.165) is 25.3 Å². The summed E-state index contributed by atoms with van der Waals surface area (Å²) in [5.74, 6) is 1.83. The van der Waals surface area contributed by atoms with Crippen molar-refractivity contribution in [3.05, 3.63) is 0 Å². The summed E-state index contributed by atoms with van der Waals surface area (Å²) in [6.45, 7) is 3.87. The van der Waals surface area contributed by atoms with E-state index in [-0.39, 0.29) is 0 Å². The molecule has 1 aliphatic heterocycles. The molecule has 1 saturated heterocycles. The van der Waals surface area contributed by atoms with Gasteiger partial charge in [0.25, 0.3) is 0 Å². The highest BCUT2D eigenvalue weighted by molar-refractivity contribution is 7.99. The van der Waals surface area contributed by atoms with Crippen LogP contribution in [0, 0.1) is 0 Å². The van der Waals surface area contributed by atoms with Crippen LogP contribution in [0.2, 0.25) is 0 Å². The highest BCUT2D eigenvalue weighted by Gasteiger charge is 2.24. The topological polar surface area (TPSA) is 29.5 Å². The number of ether oxygens (including phenoxy) is 1. The molecule has 0 spiro atoms. The number of piperidine rings is 1. The Balaban J connectivity index is 2.27. The molecule has 94 valence electrons. The van der Waals surface area contributed by atoms with Gasteiger partial charge in [-0.2, -0.15) is 0 Å². The molecular formula is C12H23NO2S. The van der Waals surface area contributed by atoms with Crippen LogP contribution in [0.3, 0.4) is 0 Å². The maximum Gasteiger partial charge on any atom is 0.232 e. The Kier molecular flexibility index (Phi) is 6.88. The molecule has 0 N–H and O–H groups in total. The molecule has 16 heavy (non-hydrogen) atoms. The van der Waals surface area contributed by atoms with E-state index in [4.69, 9.17) is 4.74 Å². The minimum absolute atomic E-state index is 0.313. The summed E-state index contributed by atoms with van der Waals surface area (Å²) in [5.41, 5.74) is 0. The number of rotatable bonds is 6. The zero-order valence-electron chi connectivity index (χ0n) is 10.4. The average Bonchev–Trinajstić information content (AvgIpc) is 2.34. The first kappa shape index (κ1) is 13.8. The number of hydrogen-bond donors (Lipinski definition) is 0. The smallest absolute Gasteiger partial charge is 0.232 e. The third-order valence-electron chi connectivity index (χ3n) is 3.08. The predicted octanol–water partition coefficient (Wildman–Crippen LogP) is 2.16. The van der Waals surface area contributed by atoms with E-state index in [1.54, 1.807) is 18.9 Å². The standard InChI is InChI=1S/C12H23NO2S/c1-3-11-6-4-5-7-13(11)12(14)10-16-9-8-15-2/h11H,3-10H2,1-2H3/t11-/m0/s1. The molecule has 1 aliphatic rings. The van der Waals surface area contributed by atoms with E-state index in [0.29, 0.717) is 17.7 Å². The molecule has 3 nitrogen and oxygen atoms in total. The highest BCUT2D eigenvalue weighted by Crippen LogP contribution is 2.20. The van der Waals surface area contributed by atoms with Gasteiger partial charge in [-0.1, -0.05) is 6.92 Å². The van der Waals surface area contributed by atoms with Crippen molar-refractivity contribution in [2.24, 2.45) is 0 Å². The summed E-state index contributed by atoms with van der Waals surface area (Å²) in [4.78, 5) is 14.1. The number of amides is 1. The van der Waals surface area contributed by atoms with Gasteiger partial charge < -0.3 is 9.64 Å². The third-order valence-corrected chi connectivity index (χ3v) is 3.98. The van der Waals surface area contributed by atoms with Crippen LogP contribution in [0.25, 0.3) is 0 Å². The first-order chi connectivity index (χ1) is 7.79. The lowest BCUT2D eigenvalue weighted by molar-refractivity contribution is -0.132. The van der Waals surface area contributed by atoms with Crippen LogP contribution in [-0.2, 0) is 9.53 Å². The molecule has 0 aromatic carbocycles. The lowest BCUT2D eigenvalue weighted by atomic mass is 10.0. The van der Waals surface area contributed by atoms with Gasteiger partial charge in [0.2, 0.25) is 5.91 Å². The molecule has 1 atom stereocenters. The van der Waals surface area contributed by atoms with Crippen LogP contribution >= 0.6 is 11.8 Å². The Morgan fingerprint density at radius 3 is 3.00 bits per heavy atom. The van der Waals surface area contributed by atoms with Crippen molar-refractivity contribution < 1.29 is 9.53 Å². The first-order valence-electron chi connectivity index (χ1n) is 6.15. The van der Waals surface area contributed by atoms with E-state index in [2.05, 4.69) is 11.8 Å². The summed E-state index contributed by atoms with van der Waals surface area (Å²) in [5, 5.41) is 0. The molecule has 0 bridgehead atoms. The molecule has 1 fully saturated rings.